The van der Waals surface area contributed by atoms with Crippen LogP contribution in [0.5, 0.6) is 0 Å². The molecule has 20 heteroatoms. The molecule has 6 aliphatic rings. The number of methoxy groups -OCH3 is 2. The number of carbonyl (C=O) groups excluding carboxylic acids is 2. The fourth-order valence-corrected chi connectivity index (χ4v) is 11.1. The number of carbonyl (C=O) groups is 2. The van der Waals surface area contributed by atoms with Crippen LogP contribution in [0.3, 0.4) is 0 Å². The molecule has 0 saturated carbocycles. The average molecular weight is 957 g/mol. The summed E-state index contributed by atoms with van der Waals surface area (Å²) in [5.74, 6) is -1.28. The molecule has 12 atom stereocenters. The van der Waals surface area contributed by atoms with Gasteiger partial charge in [-0.25, -0.2) is 9.59 Å². The molecule has 0 spiro atoms. The lowest BCUT2D eigenvalue weighted by atomic mass is 9.89. The summed E-state index contributed by atoms with van der Waals surface area (Å²) in [4.78, 5) is 38.6. The van der Waals surface area contributed by atoms with Crippen LogP contribution in [0.25, 0.3) is 0 Å². The van der Waals surface area contributed by atoms with E-state index in [9.17, 15) is 14.7 Å². The van der Waals surface area contributed by atoms with Crippen molar-refractivity contribution in [2.24, 2.45) is 9.98 Å². The Kier molecular flexibility index (Phi) is 15.2. The van der Waals surface area contributed by atoms with Gasteiger partial charge in [-0.2, -0.15) is 0 Å². The van der Waals surface area contributed by atoms with Crippen LogP contribution in [0.4, 0.5) is 9.59 Å². The van der Waals surface area contributed by atoms with Crippen molar-refractivity contribution < 1.29 is 62.1 Å². The van der Waals surface area contributed by atoms with Crippen LogP contribution < -0.4 is 0 Å². The molecule has 360 valence electrons. The molecule has 17 nitrogen and oxygen atoms in total. The van der Waals surface area contributed by atoms with Crippen molar-refractivity contribution in [3.05, 3.63) is 30.3 Å². The van der Waals surface area contributed by atoms with Gasteiger partial charge < -0.3 is 52.5 Å². The second kappa shape index (κ2) is 19.1. The fourth-order valence-electron chi connectivity index (χ4n) is 7.74. The maximum Gasteiger partial charge on any atom is 0.416 e. The average Bonchev–Trinajstić information content (AvgIpc) is 3.84. The number of hydrogen-bond acceptors (Lipinski definition) is 18. The number of ether oxygens (including phenoxy) is 10. The van der Waals surface area contributed by atoms with E-state index < -0.39 is 82.1 Å². The molecule has 1 N–H and O–H groups in total. The van der Waals surface area contributed by atoms with Crippen LogP contribution in [-0.2, 0) is 47.4 Å². The topological polar surface area (TPSA) is 178 Å². The van der Waals surface area contributed by atoms with Crippen molar-refractivity contribution in [2.75, 3.05) is 40.7 Å². The van der Waals surface area contributed by atoms with Gasteiger partial charge in [0.25, 0.3) is 0 Å². The lowest BCUT2D eigenvalue weighted by molar-refractivity contribution is -0.404. The highest BCUT2D eigenvalue weighted by Crippen LogP contribution is 2.49. The Bertz CT molecular complexity index is 1900. The number of nitrogens with zero attached hydrogens (tertiary/aromatic N) is 4. The molecular formula is C44H68N4O13S3. The van der Waals surface area contributed by atoms with Crippen molar-refractivity contribution in [1.82, 2.24) is 9.80 Å². The first kappa shape index (κ1) is 51.2. The van der Waals surface area contributed by atoms with E-state index in [1.807, 2.05) is 101 Å². The third-order valence-electron chi connectivity index (χ3n) is 12.0. The Hall–Kier alpha value is -2.21. The summed E-state index contributed by atoms with van der Waals surface area (Å²) < 4.78 is 60.9. The zero-order chi connectivity index (χ0) is 47.4. The van der Waals surface area contributed by atoms with Crippen molar-refractivity contribution in [1.29, 1.82) is 0 Å². The standard InChI is InChI=1S/C25H36N2O6S2.C19H32N2O7S/c1-23(2,3)33-22(28)27(7)21-26-17-19-18(31-24(4,5)25(6,29-8)32-19)16(30-20(17)35-21)14-34-15-12-10-9-11-13-15;1-17(2,3)28-16(23)21(7)15-20-11-13-12(10(9-22)25-14(11)29-15)26-18(4,5)19(6,24-8)27-13/h9-13,16-20H,14H2,1-8H3;10-14,22H,9H2,1-8H3/t16-,17-,18-,19-,20-,25+;10-,11-,12-,13-,14-,19+/m11/s1. The number of thioether (sulfide) groups is 3. The van der Waals surface area contributed by atoms with Crippen molar-refractivity contribution in [3.8, 4) is 0 Å². The van der Waals surface area contributed by atoms with E-state index in [1.54, 1.807) is 40.1 Å². The molecule has 0 aromatic heterocycles. The molecule has 1 aromatic carbocycles. The number of amidine groups is 2. The van der Waals surface area contributed by atoms with Gasteiger partial charge in [0.1, 0.15) is 75.9 Å². The smallest absolute Gasteiger partial charge is 0.416 e. The quantitative estimate of drug-likeness (QED) is 0.297. The van der Waals surface area contributed by atoms with Gasteiger partial charge in [0.05, 0.1) is 12.7 Å². The van der Waals surface area contributed by atoms with Crippen LogP contribution >= 0.6 is 35.3 Å². The van der Waals surface area contributed by atoms with Gasteiger partial charge in [0.15, 0.2) is 21.9 Å². The molecule has 6 heterocycles. The lowest BCUT2D eigenvalue weighted by Gasteiger charge is -2.56. The van der Waals surface area contributed by atoms with Gasteiger partial charge in [-0.15, -0.1) is 11.8 Å². The highest BCUT2D eigenvalue weighted by atomic mass is 32.2. The molecule has 6 aliphatic heterocycles. The largest absolute Gasteiger partial charge is 0.443 e. The van der Waals surface area contributed by atoms with Gasteiger partial charge in [-0.05, 0) is 95.2 Å². The number of benzene rings is 1. The maximum atomic E-state index is 12.7. The van der Waals surface area contributed by atoms with Gasteiger partial charge in [-0.3, -0.25) is 19.8 Å². The predicted octanol–water partition coefficient (Wildman–Crippen LogP) is 6.73. The van der Waals surface area contributed by atoms with Crippen molar-refractivity contribution in [3.63, 3.8) is 0 Å². The Labute approximate surface area is 390 Å². The molecule has 4 fully saturated rings. The van der Waals surface area contributed by atoms with Crippen molar-refractivity contribution in [2.45, 2.75) is 182 Å². The molecule has 0 aliphatic carbocycles. The molecule has 64 heavy (non-hydrogen) atoms. The molecule has 4 saturated heterocycles. The minimum Gasteiger partial charge on any atom is -0.443 e. The van der Waals surface area contributed by atoms with Crippen LogP contribution in [-0.4, -0.2) is 172 Å². The number of aliphatic imine (C=N–C) groups is 2. The number of rotatable bonds is 6. The Morgan fingerprint density at radius 2 is 1.09 bits per heavy atom. The van der Waals surface area contributed by atoms with Gasteiger partial charge in [-0.1, -0.05) is 41.7 Å². The van der Waals surface area contributed by atoms with Crippen LogP contribution in [0.2, 0.25) is 0 Å². The Balaban J connectivity index is 0.000000216. The lowest BCUT2D eigenvalue weighted by Crippen LogP contribution is -2.70. The van der Waals surface area contributed by atoms with E-state index >= 15 is 0 Å². The second-order valence-corrected chi connectivity index (χ2v) is 22.9. The first-order chi connectivity index (χ1) is 29.6. The highest BCUT2D eigenvalue weighted by molar-refractivity contribution is 8.14. The summed E-state index contributed by atoms with van der Waals surface area (Å²) in [6.07, 6.45) is -3.53. The summed E-state index contributed by atoms with van der Waals surface area (Å²) in [6.45, 7) is 22.1. The van der Waals surface area contributed by atoms with E-state index in [4.69, 9.17) is 57.4 Å². The van der Waals surface area contributed by atoms with E-state index in [0.29, 0.717) is 16.1 Å². The summed E-state index contributed by atoms with van der Waals surface area (Å²) in [7, 11) is 6.47. The zero-order valence-corrected chi connectivity index (χ0v) is 42.4. The molecule has 0 unspecified atom stereocenters. The Morgan fingerprint density at radius 3 is 1.48 bits per heavy atom. The molecule has 0 radical (unpaired) electrons. The number of aliphatic hydroxyl groups excluding tert-OH is 1. The minimum atomic E-state index is -1.00. The molecule has 1 aromatic rings. The van der Waals surface area contributed by atoms with E-state index in [0.717, 1.165) is 4.90 Å². The van der Waals surface area contributed by atoms with Gasteiger partial charge in [0.2, 0.25) is 0 Å². The third kappa shape index (κ3) is 10.7. The summed E-state index contributed by atoms with van der Waals surface area (Å²) in [5.41, 5.74) is -3.42. The van der Waals surface area contributed by atoms with Crippen LogP contribution in [0.1, 0.15) is 83.1 Å². The van der Waals surface area contributed by atoms with E-state index in [1.165, 1.54) is 33.3 Å². The molecule has 7 rings (SSSR count). The summed E-state index contributed by atoms with van der Waals surface area (Å²) >= 11 is 4.44. The first-order valence-corrected chi connectivity index (χ1v) is 24.2. The number of fused-ring (bicyclic) bond motifs is 6. The molecular weight excluding hydrogens is 889 g/mol. The second-order valence-electron chi connectivity index (χ2n) is 19.7. The summed E-state index contributed by atoms with van der Waals surface area (Å²) in [6, 6.07) is 9.44. The van der Waals surface area contributed by atoms with E-state index in [2.05, 4.69) is 12.1 Å². The number of amides is 2. The molecule has 2 amide bonds. The zero-order valence-electron chi connectivity index (χ0n) is 39.9. The minimum absolute atomic E-state index is 0.217. The SMILES string of the molecule is CO[C@@]1(C)O[C@@H]2[C@H]3N=C(N(C)C(=O)OC(C)(C)C)S[C@H]3O[C@H](CO)[C@H]2OC1(C)C.CO[C@@]1(C)O[C@@H]2[C@H]3N=C(N(C)C(=O)OC(C)(C)C)S[C@H]3O[C@H](CSc3ccccc3)[C@H]2OC1(C)C. The van der Waals surface area contributed by atoms with E-state index in [-0.39, 0.29) is 30.3 Å². The summed E-state index contributed by atoms with van der Waals surface area (Å²) in [5, 5.41) is 10.9. The van der Waals surface area contributed by atoms with Gasteiger partial charge in [0, 0.05) is 39.0 Å². The highest BCUT2D eigenvalue weighted by Gasteiger charge is 2.63. The monoisotopic (exact) mass is 956 g/mol. The van der Waals surface area contributed by atoms with Crippen LogP contribution in [0.15, 0.2) is 45.2 Å². The molecule has 0 bridgehead atoms. The van der Waals surface area contributed by atoms with Gasteiger partial charge >= 0.3 is 12.2 Å². The number of aliphatic hydroxyl groups is 1. The predicted molar refractivity (Wildman–Crippen MR) is 246 cm³/mol. The third-order valence-corrected chi connectivity index (χ3v) is 15.5. The number of hydrogen-bond donors (Lipinski definition) is 1. The normalized spacial score (nSPS) is 36.1. The maximum absolute atomic E-state index is 12.7. The first-order valence-electron chi connectivity index (χ1n) is 21.5. The van der Waals surface area contributed by atoms with Crippen LogP contribution in [0, 0.1) is 0 Å². The Morgan fingerprint density at radius 1 is 0.688 bits per heavy atom. The fraction of sp³-hybridized carbons (Fsp3) is 0.773. The van der Waals surface area contributed by atoms with Crippen molar-refractivity contribution >= 4 is 57.8 Å².